The van der Waals surface area contributed by atoms with Gasteiger partial charge in [0.05, 0.1) is 12.6 Å². The molecule has 98 valence electrons. The Morgan fingerprint density at radius 3 is 2.79 bits per heavy atom. The van der Waals surface area contributed by atoms with E-state index in [-0.39, 0.29) is 6.04 Å². The van der Waals surface area contributed by atoms with Gasteiger partial charge in [0, 0.05) is 22.0 Å². The summed E-state index contributed by atoms with van der Waals surface area (Å²) in [7, 11) is 0. The number of rotatable bonds is 3. The van der Waals surface area contributed by atoms with Crippen LogP contribution in [0.4, 0.5) is 0 Å². The summed E-state index contributed by atoms with van der Waals surface area (Å²) in [5.41, 5.74) is 8.56. The van der Waals surface area contributed by atoms with Gasteiger partial charge < -0.3 is 10.6 Å². The number of thiophene rings is 1. The van der Waals surface area contributed by atoms with Crippen LogP contribution in [0.15, 0.2) is 50.6 Å². The Morgan fingerprint density at radius 1 is 1.32 bits per heavy atom. The van der Waals surface area contributed by atoms with Gasteiger partial charge in [-0.15, -0.1) is 0 Å². The zero-order chi connectivity index (χ0) is 13.2. The van der Waals surface area contributed by atoms with Crippen molar-refractivity contribution >= 4 is 33.2 Å². The van der Waals surface area contributed by atoms with E-state index in [0.717, 1.165) is 17.6 Å². The van der Waals surface area contributed by atoms with Gasteiger partial charge in [-0.25, -0.2) is 0 Å². The molecular formula is C14H14BrN3S. The van der Waals surface area contributed by atoms with Gasteiger partial charge in [-0.1, -0.05) is 30.3 Å². The number of aliphatic imine (C=N–C) groups is 1. The lowest BCUT2D eigenvalue weighted by molar-refractivity contribution is 0.340. The maximum atomic E-state index is 6.04. The molecule has 0 amide bonds. The molecule has 1 aromatic heterocycles. The van der Waals surface area contributed by atoms with Crippen molar-refractivity contribution in [1.29, 1.82) is 0 Å². The summed E-state index contributed by atoms with van der Waals surface area (Å²) in [6.45, 7) is 1.52. The lowest BCUT2D eigenvalue weighted by Gasteiger charge is -2.26. The summed E-state index contributed by atoms with van der Waals surface area (Å²) in [6, 6.07) is 10.6. The van der Waals surface area contributed by atoms with Gasteiger partial charge in [0.25, 0.3) is 0 Å². The van der Waals surface area contributed by atoms with Crippen molar-refractivity contribution in [3.8, 4) is 0 Å². The molecule has 19 heavy (non-hydrogen) atoms. The second kappa shape index (κ2) is 5.35. The average Bonchev–Trinajstić information content (AvgIpc) is 2.99. The molecule has 0 saturated carbocycles. The van der Waals surface area contributed by atoms with Crippen LogP contribution in [-0.4, -0.2) is 17.4 Å². The van der Waals surface area contributed by atoms with Crippen molar-refractivity contribution in [3.05, 3.63) is 56.7 Å². The molecule has 1 unspecified atom stereocenters. The highest BCUT2D eigenvalue weighted by molar-refractivity contribution is 9.10. The molecule has 1 aromatic carbocycles. The molecule has 0 fully saturated rings. The van der Waals surface area contributed by atoms with Crippen molar-refractivity contribution < 1.29 is 0 Å². The number of nitrogens with two attached hydrogens (primary N) is 1. The van der Waals surface area contributed by atoms with Crippen molar-refractivity contribution in [2.45, 2.75) is 12.6 Å². The molecule has 0 bridgehead atoms. The van der Waals surface area contributed by atoms with Crippen LogP contribution in [0.2, 0.25) is 0 Å². The molecule has 0 spiro atoms. The van der Waals surface area contributed by atoms with E-state index in [2.05, 4.69) is 48.7 Å². The van der Waals surface area contributed by atoms with Gasteiger partial charge in [0.2, 0.25) is 0 Å². The molecule has 1 aliphatic rings. The van der Waals surface area contributed by atoms with E-state index in [1.807, 2.05) is 18.2 Å². The normalized spacial score (nSPS) is 18.7. The monoisotopic (exact) mass is 335 g/mol. The molecular weight excluding hydrogens is 322 g/mol. The van der Waals surface area contributed by atoms with Gasteiger partial charge >= 0.3 is 0 Å². The van der Waals surface area contributed by atoms with Crippen LogP contribution in [0, 0.1) is 0 Å². The molecule has 1 atom stereocenters. The Balaban J connectivity index is 1.85. The second-order valence-corrected chi connectivity index (χ2v) is 6.10. The molecule has 0 radical (unpaired) electrons. The highest BCUT2D eigenvalue weighted by atomic mass is 79.9. The fraction of sp³-hybridized carbons (Fsp3) is 0.214. The van der Waals surface area contributed by atoms with Crippen LogP contribution in [0.1, 0.15) is 17.2 Å². The Morgan fingerprint density at radius 2 is 2.11 bits per heavy atom. The Labute approximate surface area is 124 Å². The molecule has 1 aliphatic heterocycles. The van der Waals surface area contributed by atoms with Crippen LogP contribution in [-0.2, 0) is 6.54 Å². The average molecular weight is 336 g/mol. The summed E-state index contributed by atoms with van der Waals surface area (Å²) in [4.78, 5) is 6.57. The van der Waals surface area contributed by atoms with Crippen LogP contribution in [0.25, 0.3) is 0 Å². The first-order valence-corrected chi connectivity index (χ1v) is 7.81. The molecule has 2 aromatic rings. The summed E-state index contributed by atoms with van der Waals surface area (Å²) in [5, 5.41) is 4.27. The Hall–Kier alpha value is -1.33. The van der Waals surface area contributed by atoms with Gasteiger partial charge in [-0.3, -0.25) is 4.99 Å². The molecule has 2 heterocycles. The quantitative estimate of drug-likeness (QED) is 0.934. The minimum absolute atomic E-state index is 0.237. The van der Waals surface area contributed by atoms with Crippen molar-refractivity contribution in [1.82, 2.24) is 4.90 Å². The van der Waals surface area contributed by atoms with E-state index in [9.17, 15) is 0 Å². The maximum absolute atomic E-state index is 6.04. The highest BCUT2D eigenvalue weighted by Crippen LogP contribution is 2.34. The Bertz CT molecular complexity index is 594. The fourth-order valence-corrected chi connectivity index (χ4v) is 3.90. The maximum Gasteiger partial charge on any atom is 0.192 e. The first-order valence-electron chi connectivity index (χ1n) is 6.08. The summed E-state index contributed by atoms with van der Waals surface area (Å²) < 4.78 is 1.14. The molecule has 3 nitrogen and oxygen atoms in total. The van der Waals surface area contributed by atoms with Crippen molar-refractivity contribution in [2.75, 3.05) is 6.54 Å². The zero-order valence-electron chi connectivity index (χ0n) is 10.3. The van der Waals surface area contributed by atoms with E-state index >= 15 is 0 Å². The van der Waals surface area contributed by atoms with E-state index in [1.165, 1.54) is 11.1 Å². The first kappa shape index (κ1) is 12.7. The van der Waals surface area contributed by atoms with Gasteiger partial charge in [-0.05, 0) is 26.9 Å². The molecule has 3 rings (SSSR count). The Kier molecular flexibility index (Phi) is 3.57. The van der Waals surface area contributed by atoms with Crippen molar-refractivity contribution in [2.24, 2.45) is 10.7 Å². The molecule has 2 N–H and O–H groups in total. The summed E-state index contributed by atoms with van der Waals surface area (Å²) >= 11 is 5.30. The predicted molar refractivity (Wildman–Crippen MR) is 83.2 cm³/mol. The van der Waals surface area contributed by atoms with E-state index in [1.54, 1.807) is 11.3 Å². The number of benzene rings is 1. The summed E-state index contributed by atoms with van der Waals surface area (Å²) in [5.74, 6) is 0.631. The van der Waals surface area contributed by atoms with Crippen LogP contribution in [0.5, 0.6) is 0 Å². The number of nitrogens with zero attached hydrogens (tertiary/aromatic N) is 2. The van der Waals surface area contributed by atoms with Crippen LogP contribution in [0.3, 0.4) is 0 Å². The first-order chi connectivity index (χ1) is 9.25. The smallest absolute Gasteiger partial charge is 0.192 e. The van der Waals surface area contributed by atoms with Gasteiger partial charge in [0.1, 0.15) is 0 Å². The van der Waals surface area contributed by atoms with Crippen molar-refractivity contribution in [3.63, 3.8) is 0 Å². The van der Waals surface area contributed by atoms with E-state index in [4.69, 9.17) is 5.73 Å². The van der Waals surface area contributed by atoms with E-state index in [0.29, 0.717) is 5.96 Å². The molecule has 5 heteroatoms. The molecule has 0 aliphatic carbocycles. The third kappa shape index (κ3) is 2.53. The lowest BCUT2D eigenvalue weighted by Crippen LogP contribution is -2.35. The lowest BCUT2D eigenvalue weighted by atomic mass is 10.1. The van der Waals surface area contributed by atoms with Gasteiger partial charge in [-0.2, -0.15) is 11.3 Å². The number of halogens is 1. The highest BCUT2D eigenvalue weighted by Gasteiger charge is 2.29. The second-order valence-electron chi connectivity index (χ2n) is 4.50. The number of hydrogen-bond donors (Lipinski definition) is 1. The third-order valence-electron chi connectivity index (χ3n) is 3.29. The number of hydrogen-bond acceptors (Lipinski definition) is 4. The minimum atomic E-state index is 0.237. The summed E-state index contributed by atoms with van der Waals surface area (Å²) in [6.07, 6.45) is 0. The third-order valence-corrected chi connectivity index (χ3v) is 5.05. The fourth-order valence-electron chi connectivity index (χ4n) is 2.30. The standard InChI is InChI=1S/C14H14BrN3S/c15-12-9-19-8-11(12)13-6-17-14(16)18(13)7-10-4-2-1-3-5-10/h1-5,8-9,13H,6-7H2,(H2,16,17). The number of guanidine groups is 1. The zero-order valence-corrected chi connectivity index (χ0v) is 12.7. The SMILES string of the molecule is NC1=NCC(c2cscc2Br)N1Cc1ccccc1. The minimum Gasteiger partial charge on any atom is -0.370 e. The largest absolute Gasteiger partial charge is 0.370 e. The van der Waals surface area contributed by atoms with Gasteiger partial charge in [0.15, 0.2) is 5.96 Å². The van der Waals surface area contributed by atoms with Crippen LogP contribution >= 0.6 is 27.3 Å². The van der Waals surface area contributed by atoms with E-state index < -0.39 is 0 Å². The van der Waals surface area contributed by atoms with Crippen LogP contribution < -0.4 is 5.73 Å². The topological polar surface area (TPSA) is 41.6 Å². The predicted octanol–water partition coefficient (Wildman–Crippen LogP) is 3.38. The molecule has 0 saturated heterocycles.